The summed E-state index contributed by atoms with van der Waals surface area (Å²) in [6.07, 6.45) is 0. The average Bonchev–Trinajstić information content (AvgIpc) is 2.29. The summed E-state index contributed by atoms with van der Waals surface area (Å²) < 4.78 is 25.8. The van der Waals surface area contributed by atoms with E-state index in [9.17, 15) is 13.6 Å². The van der Waals surface area contributed by atoms with Gasteiger partial charge in [0, 0.05) is 0 Å². The lowest BCUT2D eigenvalue weighted by atomic mass is 10.2. The molecule has 0 unspecified atom stereocenters. The second-order valence-electron chi connectivity index (χ2n) is 2.88. The highest BCUT2D eigenvalue weighted by Crippen LogP contribution is 2.09. The highest BCUT2D eigenvalue weighted by Gasteiger charge is 2.03. The zero-order valence-electron chi connectivity index (χ0n) is 8.39. The normalized spacial score (nSPS) is 9.19. The smallest absolute Gasteiger partial charge is 0.234 e. The molecule has 1 aromatic carbocycles. The van der Waals surface area contributed by atoms with Crippen LogP contribution in [0, 0.1) is 23.5 Å². The fourth-order valence-electron chi connectivity index (χ4n) is 0.955. The number of rotatable bonds is 2. The molecule has 0 atom stereocenters. The summed E-state index contributed by atoms with van der Waals surface area (Å²) in [5.41, 5.74) is 5.00. The van der Waals surface area contributed by atoms with Crippen LogP contribution >= 0.6 is 0 Å². The van der Waals surface area contributed by atoms with Crippen molar-refractivity contribution in [3.63, 3.8) is 0 Å². The van der Waals surface area contributed by atoms with E-state index < -0.39 is 11.6 Å². The van der Waals surface area contributed by atoms with E-state index in [1.807, 2.05) is 0 Å². The van der Waals surface area contributed by atoms with E-state index in [4.69, 9.17) is 5.73 Å². The van der Waals surface area contributed by atoms with Gasteiger partial charge in [-0.15, -0.1) is 0 Å². The summed E-state index contributed by atoms with van der Waals surface area (Å²) in [4.78, 5) is 10.7. The Morgan fingerprint density at radius 1 is 1.44 bits per heavy atom. The van der Waals surface area contributed by atoms with Crippen molar-refractivity contribution in [1.82, 2.24) is 5.32 Å². The lowest BCUT2D eigenvalue weighted by Crippen LogP contribution is -2.30. The van der Waals surface area contributed by atoms with Crippen LogP contribution in [0.2, 0.25) is 0 Å². The molecule has 0 aliphatic carbocycles. The highest BCUT2D eigenvalue weighted by molar-refractivity contribution is 5.77. The molecule has 0 heterocycles. The largest absolute Gasteiger partial charge is 0.344 e. The molecule has 0 spiro atoms. The zero-order chi connectivity index (χ0) is 12.0. The summed E-state index contributed by atoms with van der Waals surface area (Å²) >= 11 is 0. The molecule has 1 amide bonds. The van der Waals surface area contributed by atoms with E-state index in [2.05, 4.69) is 17.2 Å². The van der Waals surface area contributed by atoms with E-state index in [1.54, 1.807) is 0 Å². The van der Waals surface area contributed by atoms with Gasteiger partial charge in [-0.3, -0.25) is 4.79 Å². The van der Waals surface area contributed by atoms with Crippen LogP contribution in [0.3, 0.4) is 0 Å². The van der Waals surface area contributed by atoms with Crippen molar-refractivity contribution >= 4 is 5.91 Å². The lowest BCUT2D eigenvalue weighted by molar-refractivity contribution is -0.119. The zero-order valence-corrected chi connectivity index (χ0v) is 8.39. The van der Waals surface area contributed by atoms with Crippen molar-refractivity contribution < 1.29 is 13.6 Å². The number of benzene rings is 1. The third kappa shape index (κ3) is 3.33. The van der Waals surface area contributed by atoms with Crippen molar-refractivity contribution in [3.05, 3.63) is 35.4 Å². The summed E-state index contributed by atoms with van der Waals surface area (Å²) in [6.45, 7) is -0.0814. The average molecular weight is 224 g/mol. The van der Waals surface area contributed by atoms with Crippen LogP contribution in [0.5, 0.6) is 0 Å². The molecule has 0 saturated heterocycles. The first-order valence-electron chi connectivity index (χ1n) is 4.55. The molecule has 0 fully saturated rings. The second-order valence-corrected chi connectivity index (χ2v) is 2.88. The summed E-state index contributed by atoms with van der Waals surface area (Å²) in [6, 6.07) is 3.73. The Morgan fingerprint density at radius 2 is 2.19 bits per heavy atom. The van der Waals surface area contributed by atoms with E-state index in [-0.39, 0.29) is 24.6 Å². The molecule has 0 aromatic heterocycles. The Bertz CT molecular complexity index is 449. The van der Waals surface area contributed by atoms with E-state index in [0.29, 0.717) is 0 Å². The number of carbonyl (C=O) groups is 1. The van der Waals surface area contributed by atoms with Crippen LogP contribution in [-0.2, 0) is 4.79 Å². The number of carbonyl (C=O) groups excluding carboxylic acids is 1. The van der Waals surface area contributed by atoms with Crippen LogP contribution in [0.15, 0.2) is 18.2 Å². The van der Waals surface area contributed by atoms with Crippen molar-refractivity contribution in [2.45, 2.75) is 0 Å². The summed E-state index contributed by atoms with van der Waals surface area (Å²) in [7, 11) is 0. The fraction of sp³-hybridized carbons (Fsp3) is 0.182. The SMILES string of the molecule is NCC(=O)NCC#Cc1cccc(F)c1F. The molecular formula is C11H10F2N2O. The van der Waals surface area contributed by atoms with Crippen molar-refractivity contribution in [1.29, 1.82) is 0 Å². The van der Waals surface area contributed by atoms with Gasteiger partial charge < -0.3 is 11.1 Å². The van der Waals surface area contributed by atoms with Crippen molar-refractivity contribution in [2.24, 2.45) is 5.73 Å². The Balaban J connectivity index is 2.63. The van der Waals surface area contributed by atoms with Gasteiger partial charge in [0.15, 0.2) is 11.6 Å². The third-order valence-corrected chi connectivity index (χ3v) is 1.73. The van der Waals surface area contributed by atoms with Crippen molar-refractivity contribution in [2.75, 3.05) is 13.1 Å². The molecule has 0 radical (unpaired) electrons. The van der Waals surface area contributed by atoms with Crippen LogP contribution in [0.1, 0.15) is 5.56 Å². The van der Waals surface area contributed by atoms with Crippen LogP contribution < -0.4 is 11.1 Å². The Morgan fingerprint density at radius 3 is 2.88 bits per heavy atom. The van der Waals surface area contributed by atoms with E-state index in [1.165, 1.54) is 12.1 Å². The first-order valence-corrected chi connectivity index (χ1v) is 4.55. The molecule has 3 nitrogen and oxygen atoms in total. The van der Waals surface area contributed by atoms with E-state index in [0.717, 1.165) is 6.07 Å². The molecule has 0 bridgehead atoms. The van der Waals surface area contributed by atoms with Crippen molar-refractivity contribution in [3.8, 4) is 11.8 Å². The molecular weight excluding hydrogens is 214 g/mol. The number of halogens is 2. The topological polar surface area (TPSA) is 55.1 Å². The minimum Gasteiger partial charge on any atom is -0.344 e. The lowest BCUT2D eigenvalue weighted by Gasteiger charge is -1.96. The fourth-order valence-corrected chi connectivity index (χ4v) is 0.955. The highest BCUT2D eigenvalue weighted by atomic mass is 19.2. The molecule has 3 N–H and O–H groups in total. The molecule has 1 aromatic rings. The van der Waals surface area contributed by atoms with Gasteiger partial charge in [0.1, 0.15) is 0 Å². The summed E-state index contributed by atoms with van der Waals surface area (Å²) in [5.74, 6) is 2.62. The van der Waals surface area contributed by atoms with Gasteiger partial charge in [0.2, 0.25) is 5.91 Å². The van der Waals surface area contributed by atoms with Crippen LogP contribution in [0.25, 0.3) is 0 Å². The third-order valence-electron chi connectivity index (χ3n) is 1.73. The van der Waals surface area contributed by atoms with Gasteiger partial charge in [0.05, 0.1) is 18.7 Å². The van der Waals surface area contributed by atoms with Crippen LogP contribution in [0.4, 0.5) is 8.78 Å². The first-order chi connectivity index (χ1) is 7.65. The number of amides is 1. The first kappa shape index (κ1) is 12.1. The Labute approximate surface area is 91.6 Å². The number of hydrogen-bond acceptors (Lipinski definition) is 2. The standard InChI is InChI=1S/C11H10F2N2O/c12-9-5-1-3-8(11(9)13)4-2-6-15-10(16)7-14/h1,3,5H,6-7,14H2,(H,15,16). The maximum atomic E-state index is 13.1. The Kier molecular flexibility index (Phi) is 4.42. The molecule has 16 heavy (non-hydrogen) atoms. The maximum absolute atomic E-state index is 13.1. The predicted molar refractivity (Wildman–Crippen MR) is 55.3 cm³/mol. The van der Waals surface area contributed by atoms with Gasteiger partial charge in [0.25, 0.3) is 0 Å². The predicted octanol–water partition coefficient (Wildman–Crippen LogP) is 0.391. The minimum absolute atomic E-state index is 0.0398. The van der Waals surface area contributed by atoms with Gasteiger partial charge in [-0.25, -0.2) is 8.78 Å². The van der Waals surface area contributed by atoms with Gasteiger partial charge in [-0.2, -0.15) is 0 Å². The van der Waals surface area contributed by atoms with E-state index >= 15 is 0 Å². The number of nitrogens with one attached hydrogen (secondary N) is 1. The van der Waals surface area contributed by atoms with Gasteiger partial charge in [-0.05, 0) is 12.1 Å². The molecule has 0 saturated carbocycles. The Hall–Kier alpha value is -1.93. The molecule has 1 rings (SSSR count). The minimum atomic E-state index is -0.986. The van der Waals surface area contributed by atoms with Gasteiger partial charge in [-0.1, -0.05) is 17.9 Å². The summed E-state index contributed by atoms with van der Waals surface area (Å²) in [5, 5.41) is 2.38. The monoisotopic (exact) mass is 224 g/mol. The molecule has 0 aliphatic rings. The number of hydrogen-bond donors (Lipinski definition) is 2. The van der Waals surface area contributed by atoms with Crippen LogP contribution in [-0.4, -0.2) is 19.0 Å². The molecule has 5 heteroatoms. The maximum Gasteiger partial charge on any atom is 0.234 e. The quantitative estimate of drug-likeness (QED) is 0.714. The second kappa shape index (κ2) is 5.83. The van der Waals surface area contributed by atoms with Gasteiger partial charge >= 0.3 is 0 Å². The number of nitrogens with two attached hydrogens (primary N) is 1. The molecule has 84 valence electrons. The molecule has 0 aliphatic heterocycles.